The lowest BCUT2D eigenvalue weighted by Crippen LogP contribution is -2.18. The van der Waals surface area contributed by atoms with E-state index in [2.05, 4.69) is 9.97 Å². The van der Waals surface area contributed by atoms with Crippen molar-refractivity contribution in [3.05, 3.63) is 21.7 Å². The van der Waals surface area contributed by atoms with Gasteiger partial charge in [0.15, 0.2) is 0 Å². The summed E-state index contributed by atoms with van der Waals surface area (Å²) in [5, 5.41) is 9.42. The number of halogens is 3. The lowest BCUT2D eigenvalue weighted by atomic mass is 10.2. The molecule has 0 aliphatic heterocycles. The molecule has 7 heteroatoms. The number of nitrogens with one attached hydrogen (secondary N) is 1. The Balaban J connectivity index is 2.87. The lowest BCUT2D eigenvalue weighted by molar-refractivity contribution is -0.134. The van der Waals surface area contributed by atoms with Gasteiger partial charge in [-0.1, -0.05) is 13.3 Å². The van der Waals surface area contributed by atoms with E-state index in [1.807, 2.05) is 6.92 Å². The maximum Gasteiger partial charge on any atom is 0.389 e. The van der Waals surface area contributed by atoms with Gasteiger partial charge in [0.25, 0.3) is 5.56 Å². The van der Waals surface area contributed by atoms with Crippen molar-refractivity contribution in [2.75, 3.05) is 0 Å². The second-order valence-electron chi connectivity index (χ2n) is 3.68. The first-order valence-corrected chi connectivity index (χ1v) is 5.21. The molecule has 0 aliphatic carbocycles. The Morgan fingerprint density at radius 3 is 2.47 bits per heavy atom. The van der Waals surface area contributed by atoms with E-state index in [0.717, 1.165) is 0 Å². The highest BCUT2D eigenvalue weighted by Crippen LogP contribution is 2.21. The lowest BCUT2D eigenvalue weighted by Gasteiger charge is -2.07. The number of aromatic nitrogens is 2. The molecule has 0 atom stereocenters. The molecule has 0 fully saturated rings. The van der Waals surface area contributed by atoms with Crippen LogP contribution in [0.5, 0.6) is 5.88 Å². The van der Waals surface area contributed by atoms with Gasteiger partial charge >= 0.3 is 6.18 Å². The SMILES string of the molecule is CCCc1c(O)nc(CCC(F)(F)F)[nH]c1=O. The van der Waals surface area contributed by atoms with E-state index in [4.69, 9.17) is 0 Å². The summed E-state index contributed by atoms with van der Waals surface area (Å²) >= 11 is 0. The highest BCUT2D eigenvalue weighted by Gasteiger charge is 2.27. The second-order valence-corrected chi connectivity index (χ2v) is 3.68. The molecule has 0 aliphatic rings. The number of hydrogen-bond acceptors (Lipinski definition) is 3. The summed E-state index contributed by atoms with van der Waals surface area (Å²) in [6, 6.07) is 0. The quantitative estimate of drug-likeness (QED) is 0.858. The summed E-state index contributed by atoms with van der Waals surface area (Å²) in [7, 11) is 0. The minimum Gasteiger partial charge on any atom is -0.493 e. The zero-order valence-corrected chi connectivity index (χ0v) is 9.26. The summed E-state index contributed by atoms with van der Waals surface area (Å²) in [6.45, 7) is 1.82. The maximum absolute atomic E-state index is 12.0. The monoisotopic (exact) mass is 250 g/mol. The number of aromatic hydroxyl groups is 1. The third-order valence-corrected chi connectivity index (χ3v) is 2.19. The normalized spacial score (nSPS) is 11.8. The molecular weight excluding hydrogens is 237 g/mol. The van der Waals surface area contributed by atoms with Gasteiger partial charge in [0.2, 0.25) is 5.88 Å². The first-order chi connectivity index (χ1) is 7.83. The summed E-state index contributed by atoms with van der Waals surface area (Å²) in [5.41, 5.74) is -0.459. The van der Waals surface area contributed by atoms with Crippen LogP contribution in [0.4, 0.5) is 13.2 Å². The number of aromatic amines is 1. The molecule has 1 aromatic rings. The van der Waals surface area contributed by atoms with Gasteiger partial charge in [-0.05, 0) is 6.42 Å². The van der Waals surface area contributed by atoms with Crippen LogP contribution < -0.4 is 5.56 Å². The van der Waals surface area contributed by atoms with Crippen molar-refractivity contribution in [1.82, 2.24) is 9.97 Å². The van der Waals surface area contributed by atoms with Crippen molar-refractivity contribution in [2.24, 2.45) is 0 Å². The van der Waals surface area contributed by atoms with Crippen LogP contribution in [0.1, 0.15) is 31.2 Å². The number of hydrogen-bond donors (Lipinski definition) is 2. The van der Waals surface area contributed by atoms with E-state index >= 15 is 0 Å². The topological polar surface area (TPSA) is 66.0 Å². The standard InChI is InChI=1S/C10H13F3N2O2/c1-2-3-6-8(16)14-7(15-9(6)17)4-5-10(11,12)13/h2-5H2,1H3,(H2,14,15,16,17). The summed E-state index contributed by atoms with van der Waals surface area (Å²) in [4.78, 5) is 17.2. The fourth-order valence-electron chi connectivity index (χ4n) is 1.39. The van der Waals surface area contributed by atoms with Crippen molar-refractivity contribution < 1.29 is 18.3 Å². The Morgan fingerprint density at radius 2 is 2.00 bits per heavy atom. The highest BCUT2D eigenvalue weighted by molar-refractivity contribution is 5.22. The Hall–Kier alpha value is -1.53. The van der Waals surface area contributed by atoms with Crippen LogP contribution in [-0.2, 0) is 12.8 Å². The molecule has 0 amide bonds. The largest absolute Gasteiger partial charge is 0.493 e. The summed E-state index contributed by atoms with van der Waals surface area (Å²) in [5.74, 6) is -0.627. The number of rotatable bonds is 4. The molecule has 0 saturated heterocycles. The third-order valence-electron chi connectivity index (χ3n) is 2.19. The van der Waals surface area contributed by atoms with E-state index in [9.17, 15) is 23.1 Å². The van der Waals surface area contributed by atoms with E-state index in [1.165, 1.54) is 0 Å². The zero-order chi connectivity index (χ0) is 13.1. The molecule has 0 aromatic carbocycles. The van der Waals surface area contributed by atoms with Gasteiger partial charge in [-0.3, -0.25) is 4.79 Å². The molecule has 2 N–H and O–H groups in total. The minimum absolute atomic E-state index is 0.114. The van der Waals surface area contributed by atoms with Gasteiger partial charge in [0.05, 0.1) is 12.0 Å². The van der Waals surface area contributed by atoms with Crippen LogP contribution >= 0.6 is 0 Å². The van der Waals surface area contributed by atoms with Crippen LogP contribution in [0, 0.1) is 0 Å². The number of nitrogens with zero attached hydrogens (tertiary/aromatic N) is 1. The van der Waals surface area contributed by atoms with Gasteiger partial charge in [0.1, 0.15) is 5.82 Å². The summed E-state index contributed by atoms with van der Waals surface area (Å²) in [6.07, 6.45) is -4.86. The molecule has 1 rings (SSSR count). The third kappa shape index (κ3) is 4.08. The smallest absolute Gasteiger partial charge is 0.389 e. The predicted octanol–water partition coefficient (Wildman–Crippen LogP) is 1.92. The maximum atomic E-state index is 12.0. The molecule has 0 saturated carbocycles. The minimum atomic E-state index is -4.31. The summed E-state index contributed by atoms with van der Waals surface area (Å²) < 4.78 is 35.9. The second kappa shape index (κ2) is 5.20. The van der Waals surface area contributed by atoms with Gasteiger partial charge in [-0.15, -0.1) is 0 Å². The van der Waals surface area contributed by atoms with Crippen molar-refractivity contribution in [3.8, 4) is 5.88 Å². The van der Waals surface area contributed by atoms with Gasteiger partial charge < -0.3 is 10.1 Å². The molecule has 17 heavy (non-hydrogen) atoms. The number of aryl methyl sites for hydroxylation is 1. The van der Waals surface area contributed by atoms with Crippen LogP contribution in [0.15, 0.2) is 4.79 Å². The van der Waals surface area contributed by atoms with E-state index in [1.54, 1.807) is 0 Å². The zero-order valence-electron chi connectivity index (χ0n) is 9.26. The average Bonchev–Trinajstić information content (AvgIpc) is 2.19. The van der Waals surface area contributed by atoms with Crippen LogP contribution in [-0.4, -0.2) is 21.3 Å². The van der Waals surface area contributed by atoms with Gasteiger partial charge in [0, 0.05) is 6.42 Å². The molecule has 0 spiro atoms. The van der Waals surface area contributed by atoms with Gasteiger partial charge in [-0.2, -0.15) is 13.2 Å². The van der Waals surface area contributed by atoms with E-state index < -0.39 is 30.5 Å². The van der Waals surface area contributed by atoms with Crippen LogP contribution in [0.3, 0.4) is 0 Å². The Bertz CT molecular complexity index is 440. The molecule has 96 valence electrons. The Kier molecular flexibility index (Phi) is 4.14. The predicted molar refractivity (Wildman–Crippen MR) is 54.9 cm³/mol. The first kappa shape index (κ1) is 13.5. The number of H-pyrrole nitrogens is 1. The Morgan fingerprint density at radius 1 is 1.35 bits per heavy atom. The highest BCUT2D eigenvalue weighted by atomic mass is 19.4. The van der Waals surface area contributed by atoms with Crippen LogP contribution in [0.2, 0.25) is 0 Å². The molecule has 0 bridgehead atoms. The van der Waals surface area contributed by atoms with E-state index in [0.29, 0.717) is 12.8 Å². The fourth-order valence-corrected chi connectivity index (χ4v) is 1.39. The first-order valence-electron chi connectivity index (χ1n) is 5.21. The van der Waals surface area contributed by atoms with Crippen molar-refractivity contribution in [1.29, 1.82) is 0 Å². The molecule has 0 unspecified atom stereocenters. The molecular formula is C10H13F3N2O2. The fraction of sp³-hybridized carbons (Fsp3) is 0.600. The number of alkyl halides is 3. The van der Waals surface area contributed by atoms with Crippen molar-refractivity contribution in [2.45, 2.75) is 38.8 Å². The molecule has 1 heterocycles. The average molecular weight is 250 g/mol. The molecule has 4 nitrogen and oxygen atoms in total. The van der Waals surface area contributed by atoms with Crippen molar-refractivity contribution in [3.63, 3.8) is 0 Å². The van der Waals surface area contributed by atoms with E-state index in [-0.39, 0.29) is 11.4 Å². The van der Waals surface area contributed by atoms with Crippen molar-refractivity contribution >= 4 is 0 Å². The van der Waals surface area contributed by atoms with Gasteiger partial charge in [-0.25, -0.2) is 4.98 Å². The Labute approximate surface area is 95.5 Å². The molecule has 1 aromatic heterocycles. The molecule has 0 radical (unpaired) electrons. The van der Waals surface area contributed by atoms with Crippen LogP contribution in [0.25, 0.3) is 0 Å².